The third kappa shape index (κ3) is 3.26. The highest BCUT2D eigenvalue weighted by molar-refractivity contribution is 6.31. The molecule has 3 nitrogen and oxygen atoms in total. The lowest BCUT2D eigenvalue weighted by molar-refractivity contribution is 0.627. The first-order valence-corrected chi connectivity index (χ1v) is 6.85. The number of hydrogen-bond donors (Lipinski definition) is 1. The van der Waals surface area contributed by atoms with Gasteiger partial charge in [0.2, 0.25) is 0 Å². The summed E-state index contributed by atoms with van der Waals surface area (Å²) in [6.45, 7) is 3.45. The fraction of sp³-hybridized carbons (Fsp3) is 0.267. The van der Waals surface area contributed by atoms with Crippen molar-refractivity contribution in [2.24, 2.45) is 0 Å². The summed E-state index contributed by atoms with van der Waals surface area (Å²) in [5.74, 6) is 0.382. The highest BCUT2D eigenvalue weighted by atomic mass is 35.5. The Hall–Kier alpha value is -1.65. The standard InChI is InChI=1S/C15H17ClFN3/c1-3-18-10-13-11(16)8-9-15(19-13)20(2)14-7-5-4-6-12(14)17/h4-9,18H,3,10H2,1-2H3. The monoisotopic (exact) mass is 293 g/mol. The van der Waals surface area contributed by atoms with Gasteiger partial charge in [-0.25, -0.2) is 9.37 Å². The molecule has 20 heavy (non-hydrogen) atoms. The van der Waals surface area contributed by atoms with Crippen molar-refractivity contribution in [3.8, 4) is 0 Å². The first-order valence-electron chi connectivity index (χ1n) is 6.48. The molecule has 0 unspecified atom stereocenters. The SMILES string of the molecule is CCNCc1nc(N(C)c2ccccc2F)ccc1Cl. The summed E-state index contributed by atoms with van der Waals surface area (Å²) in [6, 6.07) is 10.2. The Labute approximate surface area is 123 Å². The predicted octanol–water partition coefficient (Wildman–Crippen LogP) is 3.75. The molecule has 0 saturated carbocycles. The van der Waals surface area contributed by atoms with E-state index in [1.165, 1.54) is 6.07 Å². The number of rotatable bonds is 5. The Bertz CT molecular complexity index is 589. The van der Waals surface area contributed by atoms with Crippen molar-refractivity contribution in [3.63, 3.8) is 0 Å². The second-order valence-electron chi connectivity index (χ2n) is 4.39. The second-order valence-corrected chi connectivity index (χ2v) is 4.80. The quantitative estimate of drug-likeness (QED) is 0.910. The number of nitrogens with zero attached hydrogens (tertiary/aromatic N) is 2. The van der Waals surface area contributed by atoms with Gasteiger partial charge in [-0.1, -0.05) is 30.7 Å². The zero-order chi connectivity index (χ0) is 14.5. The van der Waals surface area contributed by atoms with Crippen LogP contribution in [0.5, 0.6) is 0 Å². The molecule has 0 fully saturated rings. The fourth-order valence-corrected chi connectivity index (χ4v) is 2.05. The van der Waals surface area contributed by atoms with Crippen LogP contribution < -0.4 is 10.2 Å². The smallest absolute Gasteiger partial charge is 0.146 e. The van der Waals surface area contributed by atoms with Gasteiger partial charge in [0.25, 0.3) is 0 Å². The molecule has 1 aromatic heterocycles. The van der Waals surface area contributed by atoms with Crippen LogP contribution in [0.25, 0.3) is 0 Å². The minimum Gasteiger partial charge on any atom is -0.327 e. The molecular formula is C15H17ClFN3. The summed E-state index contributed by atoms with van der Waals surface area (Å²) < 4.78 is 13.8. The predicted molar refractivity (Wildman–Crippen MR) is 81.1 cm³/mol. The molecular weight excluding hydrogens is 277 g/mol. The van der Waals surface area contributed by atoms with E-state index in [9.17, 15) is 4.39 Å². The van der Waals surface area contributed by atoms with Gasteiger partial charge in [-0.3, -0.25) is 0 Å². The molecule has 5 heteroatoms. The summed E-state index contributed by atoms with van der Waals surface area (Å²) in [5, 5.41) is 3.79. The first-order chi connectivity index (χ1) is 9.63. The maximum absolute atomic E-state index is 13.8. The molecule has 0 amide bonds. The van der Waals surface area contributed by atoms with Crippen molar-refractivity contribution in [2.45, 2.75) is 13.5 Å². The van der Waals surface area contributed by atoms with Crippen molar-refractivity contribution >= 4 is 23.1 Å². The third-order valence-corrected chi connectivity index (χ3v) is 3.35. The van der Waals surface area contributed by atoms with Crippen LogP contribution in [0.1, 0.15) is 12.6 Å². The maximum atomic E-state index is 13.8. The van der Waals surface area contributed by atoms with Crippen LogP contribution in [0.15, 0.2) is 36.4 Å². The van der Waals surface area contributed by atoms with Gasteiger partial charge < -0.3 is 10.2 Å². The molecule has 2 rings (SSSR count). The fourth-order valence-electron chi connectivity index (χ4n) is 1.87. The summed E-state index contributed by atoms with van der Waals surface area (Å²) >= 11 is 6.12. The van der Waals surface area contributed by atoms with Crippen molar-refractivity contribution < 1.29 is 4.39 Å². The Kier molecular flexibility index (Phi) is 4.93. The van der Waals surface area contributed by atoms with Gasteiger partial charge >= 0.3 is 0 Å². The van der Waals surface area contributed by atoms with E-state index < -0.39 is 0 Å². The molecule has 0 radical (unpaired) electrons. The molecule has 1 N–H and O–H groups in total. The summed E-state index contributed by atoms with van der Waals surface area (Å²) in [7, 11) is 1.78. The van der Waals surface area contributed by atoms with Gasteiger partial charge in [0.1, 0.15) is 11.6 Å². The minimum absolute atomic E-state index is 0.278. The van der Waals surface area contributed by atoms with Gasteiger partial charge in [0.05, 0.1) is 16.4 Å². The molecule has 0 aliphatic rings. The van der Waals surface area contributed by atoms with E-state index in [0.29, 0.717) is 23.1 Å². The minimum atomic E-state index is -0.278. The average Bonchev–Trinajstić information content (AvgIpc) is 2.46. The summed E-state index contributed by atoms with van der Waals surface area (Å²) in [6.07, 6.45) is 0. The van der Waals surface area contributed by atoms with Crippen LogP contribution in [-0.4, -0.2) is 18.6 Å². The van der Waals surface area contributed by atoms with E-state index in [1.807, 2.05) is 6.92 Å². The number of pyridine rings is 1. The van der Waals surface area contributed by atoms with Crippen LogP contribution in [0.2, 0.25) is 5.02 Å². The number of nitrogens with one attached hydrogen (secondary N) is 1. The van der Waals surface area contributed by atoms with E-state index in [2.05, 4.69) is 10.3 Å². The van der Waals surface area contributed by atoms with E-state index in [0.717, 1.165) is 12.2 Å². The second kappa shape index (κ2) is 6.68. The number of aromatic nitrogens is 1. The Morgan fingerprint density at radius 1 is 1.25 bits per heavy atom. The first kappa shape index (κ1) is 14.8. The lowest BCUT2D eigenvalue weighted by Gasteiger charge is -2.20. The van der Waals surface area contributed by atoms with Gasteiger partial charge in [-0.15, -0.1) is 0 Å². The van der Waals surface area contributed by atoms with Crippen LogP contribution in [0.4, 0.5) is 15.9 Å². The zero-order valence-corrected chi connectivity index (χ0v) is 12.3. The highest BCUT2D eigenvalue weighted by Crippen LogP contribution is 2.26. The molecule has 2 aromatic rings. The van der Waals surface area contributed by atoms with Gasteiger partial charge in [0, 0.05) is 13.6 Å². The normalized spacial score (nSPS) is 10.6. The number of para-hydroxylation sites is 1. The van der Waals surface area contributed by atoms with E-state index in [-0.39, 0.29) is 5.82 Å². The molecule has 1 heterocycles. The number of anilines is 2. The zero-order valence-electron chi connectivity index (χ0n) is 11.5. The van der Waals surface area contributed by atoms with E-state index in [1.54, 1.807) is 42.3 Å². The number of halogens is 2. The number of hydrogen-bond acceptors (Lipinski definition) is 3. The van der Waals surface area contributed by atoms with Crippen molar-refractivity contribution in [1.82, 2.24) is 10.3 Å². The lowest BCUT2D eigenvalue weighted by atomic mass is 10.2. The molecule has 0 spiro atoms. The van der Waals surface area contributed by atoms with Crippen LogP contribution in [0.3, 0.4) is 0 Å². The Balaban J connectivity index is 2.30. The molecule has 0 aliphatic carbocycles. The topological polar surface area (TPSA) is 28.2 Å². The van der Waals surface area contributed by atoms with Crippen LogP contribution in [-0.2, 0) is 6.54 Å². The van der Waals surface area contributed by atoms with E-state index >= 15 is 0 Å². The largest absolute Gasteiger partial charge is 0.327 e. The summed E-state index contributed by atoms with van der Waals surface area (Å²) in [4.78, 5) is 6.20. The van der Waals surface area contributed by atoms with Crippen LogP contribution >= 0.6 is 11.6 Å². The van der Waals surface area contributed by atoms with Crippen LogP contribution in [0, 0.1) is 5.82 Å². The Morgan fingerprint density at radius 3 is 2.70 bits per heavy atom. The molecule has 1 aromatic carbocycles. The van der Waals surface area contributed by atoms with Crippen molar-refractivity contribution in [3.05, 3.63) is 52.9 Å². The lowest BCUT2D eigenvalue weighted by Crippen LogP contribution is -2.17. The van der Waals surface area contributed by atoms with Gasteiger partial charge in [0.15, 0.2) is 0 Å². The molecule has 0 aliphatic heterocycles. The molecule has 0 bridgehead atoms. The average molecular weight is 294 g/mol. The van der Waals surface area contributed by atoms with Gasteiger partial charge in [-0.05, 0) is 30.8 Å². The molecule has 0 atom stereocenters. The van der Waals surface area contributed by atoms with E-state index in [4.69, 9.17) is 11.6 Å². The van der Waals surface area contributed by atoms with Gasteiger partial charge in [-0.2, -0.15) is 0 Å². The van der Waals surface area contributed by atoms with Crippen molar-refractivity contribution in [1.29, 1.82) is 0 Å². The highest BCUT2D eigenvalue weighted by Gasteiger charge is 2.11. The van der Waals surface area contributed by atoms with Crippen molar-refractivity contribution in [2.75, 3.05) is 18.5 Å². The molecule has 106 valence electrons. The molecule has 0 saturated heterocycles. The maximum Gasteiger partial charge on any atom is 0.146 e. The third-order valence-electron chi connectivity index (χ3n) is 3.00. The summed E-state index contributed by atoms with van der Waals surface area (Å²) in [5.41, 5.74) is 1.24. The Morgan fingerprint density at radius 2 is 2.00 bits per heavy atom. The number of benzene rings is 1.